The minimum Gasteiger partial charge on any atom is -0.497 e. The minimum absolute atomic E-state index is 0.0898. The number of rotatable bonds is 10. The molecule has 2 unspecified atom stereocenters. The van der Waals surface area contributed by atoms with E-state index in [0.717, 1.165) is 4.57 Å². The molecule has 1 aliphatic heterocycles. The molecule has 0 spiro atoms. The zero-order chi connectivity index (χ0) is 26.7. The van der Waals surface area contributed by atoms with E-state index in [4.69, 9.17) is 33.5 Å². The molecule has 5 rings (SSSR count). The first-order valence-electron chi connectivity index (χ1n) is 11.4. The predicted octanol–water partition coefficient (Wildman–Crippen LogP) is 4.75. The Balaban J connectivity index is 1.30. The van der Waals surface area contributed by atoms with Gasteiger partial charge in [0.05, 0.1) is 33.3 Å². The number of ether oxygens (including phenoxy) is 3. The number of halogens is 2. The van der Waals surface area contributed by atoms with Gasteiger partial charge in [0.2, 0.25) is 6.23 Å². The van der Waals surface area contributed by atoms with Gasteiger partial charge in [0.1, 0.15) is 34.8 Å². The molecule has 0 bridgehead atoms. The van der Waals surface area contributed by atoms with Gasteiger partial charge >= 0.3 is 8.60 Å². The highest BCUT2D eigenvalue weighted by atomic mass is 31.2. The van der Waals surface area contributed by atoms with E-state index in [9.17, 15) is 0 Å². The van der Waals surface area contributed by atoms with Crippen LogP contribution in [0.5, 0.6) is 23.0 Å². The summed E-state index contributed by atoms with van der Waals surface area (Å²) in [5.41, 5.74) is 6.16. The van der Waals surface area contributed by atoms with Crippen molar-refractivity contribution in [1.29, 1.82) is 0 Å². The number of aromatic nitrogens is 4. The molecule has 4 aromatic rings. The van der Waals surface area contributed by atoms with Crippen LogP contribution in [-0.2, 0) is 9.26 Å². The number of nitrogen functional groups attached to an aromatic ring is 1. The van der Waals surface area contributed by atoms with Crippen molar-refractivity contribution in [1.82, 2.24) is 19.5 Å². The molecule has 0 amide bonds. The van der Waals surface area contributed by atoms with Crippen LogP contribution in [0.15, 0.2) is 61.2 Å². The van der Waals surface area contributed by atoms with E-state index < -0.39 is 33.3 Å². The largest absolute Gasteiger partial charge is 0.497 e. The highest BCUT2D eigenvalue weighted by molar-refractivity contribution is 7.42. The van der Waals surface area contributed by atoms with Gasteiger partial charge in [-0.25, -0.2) is 23.7 Å². The first-order valence-corrected chi connectivity index (χ1v) is 12.5. The van der Waals surface area contributed by atoms with Crippen molar-refractivity contribution in [2.75, 3.05) is 26.6 Å². The van der Waals surface area contributed by atoms with E-state index in [1.165, 1.54) is 12.7 Å². The number of nitrogens with zero attached hydrogens (tertiary/aromatic N) is 4. The zero-order valence-electron chi connectivity index (χ0n) is 20.4. The molecule has 2 aromatic heterocycles. The Morgan fingerprint density at radius 3 is 2.11 bits per heavy atom. The molecule has 3 heterocycles. The van der Waals surface area contributed by atoms with Crippen LogP contribution in [-0.4, -0.2) is 52.4 Å². The molecule has 1 aliphatic rings. The van der Waals surface area contributed by atoms with Gasteiger partial charge in [0.15, 0.2) is 11.5 Å². The molecule has 38 heavy (non-hydrogen) atoms. The lowest BCUT2D eigenvalue weighted by atomic mass is 10.2. The number of methoxy groups -OCH3 is 2. The Labute approximate surface area is 217 Å². The molecule has 14 heteroatoms. The SMILES string of the molecule is COc1ccc(OP(OCC2CC(F)(F)C(n3cnc4c(N)ncnc43)O2)Oc2ccc(OC)cc2)cc1. The fourth-order valence-electron chi connectivity index (χ4n) is 3.80. The van der Waals surface area contributed by atoms with Crippen LogP contribution in [0.2, 0.25) is 0 Å². The molecule has 11 nitrogen and oxygen atoms in total. The average molecular weight is 547 g/mol. The van der Waals surface area contributed by atoms with Crippen molar-refractivity contribution < 1.29 is 36.6 Å². The Bertz CT molecular complexity index is 1330. The Morgan fingerprint density at radius 2 is 1.53 bits per heavy atom. The smallest absolute Gasteiger partial charge is 0.463 e. The van der Waals surface area contributed by atoms with E-state index in [1.54, 1.807) is 62.8 Å². The summed E-state index contributed by atoms with van der Waals surface area (Å²) >= 11 is 0. The lowest BCUT2D eigenvalue weighted by molar-refractivity contribution is -0.115. The van der Waals surface area contributed by atoms with Crippen molar-refractivity contribution in [3.8, 4) is 23.0 Å². The molecule has 2 N–H and O–H groups in total. The summed E-state index contributed by atoms with van der Waals surface area (Å²) in [6, 6.07) is 13.6. The number of hydrogen-bond acceptors (Lipinski definition) is 10. The molecular weight excluding hydrogens is 523 g/mol. The number of anilines is 1. The van der Waals surface area contributed by atoms with Crippen molar-refractivity contribution in [3.63, 3.8) is 0 Å². The summed E-state index contributed by atoms with van der Waals surface area (Å²) in [5.74, 6) is -0.952. The standard InChI is InChI=1S/C24H24F2N5O6P/c1-32-15-3-7-17(8-4-15)36-38(37-18-9-5-16(33-2)6-10-18)34-12-19-11-24(25,26)23(35-19)31-14-30-20-21(27)28-13-29-22(20)31/h3-10,13-14,19,23H,11-12H2,1-2H3,(H2,27,28,29). The first-order chi connectivity index (χ1) is 18.4. The molecular formula is C24H24F2N5O6P. The fourth-order valence-corrected chi connectivity index (χ4v) is 4.82. The van der Waals surface area contributed by atoms with Gasteiger partial charge in [0.25, 0.3) is 5.92 Å². The van der Waals surface area contributed by atoms with Crippen molar-refractivity contribution in [3.05, 3.63) is 61.2 Å². The highest BCUT2D eigenvalue weighted by Crippen LogP contribution is 2.47. The Kier molecular flexibility index (Phi) is 7.41. The van der Waals surface area contributed by atoms with Crippen molar-refractivity contribution in [2.24, 2.45) is 0 Å². The molecule has 0 saturated carbocycles. The average Bonchev–Trinajstić information content (AvgIpc) is 3.48. The van der Waals surface area contributed by atoms with E-state index >= 15 is 8.78 Å². The number of alkyl halides is 2. The van der Waals surface area contributed by atoms with Gasteiger partial charge in [-0.05, 0) is 48.5 Å². The van der Waals surface area contributed by atoms with Gasteiger partial charge in [-0.15, -0.1) is 0 Å². The van der Waals surface area contributed by atoms with Gasteiger partial charge in [-0.2, -0.15) is 0 Å². The van der Waals surface area contributed by atoms with Crippen LogP contribution in [0.25, 0.3) is 11.2 Å². The van der Waals surface area contributed by atoms with Crippen LogP contribution in [0.1, 0.15) is 12.6 Å². The van der Waals surface area contributed by atoms with Crippen LogP contribution in [0.3, 0.4) is 0 Å². The summed E-state index contributed by atoms with van der Waals surface area (Å²) < 4.78 is 64.9. The molecule has 2 aromatic carbocycles. The van der Waals surface area contributed by atoms with Crippen LogP contribution in [0.4, 0.5) is 14.6 Å². The maximum Gasteiger partial charge on any atom is 0.463 e. The molecule has 200 valence electrons. The maximum atomic E-state index is 15.0. The van der Waals surface area contributed by atoms with Gasteiger partial charge in [-0.1, -0.05) is 0 Å². The number of benzene rings is 2. The second-order valence-electron chi connectivity index (χ2n) is 8.21. The lowest BCUT2D eigenvalue weighted by Crippen LogP contribution is -2.25. The van der Waals surface area contributed by atoms with Crippen LogP contribution >= 0.6 is 8.60 Å². The third-order valence-corrected chi connectivity index (χ3v) is 6.75. The molecule has 0 radical (unpaired) electrons. The van der Waals surface area contributed by atoms with Crippen molar-refractivity contribution in [2.45, 2.75) is 24.7 Å². The topological polar surface area (TPSA) is 125 Å². The summed E-state index contributed by atoms with van der Waals surface area (Å²) in [5, 5.41) is 0. The second-order valence-corrected chi connectivity index (χ2v) is 9.28. The second kappa shape index (κ2) is 10.9. The van der Waals surface area contributed by atoms with E-state index in [1.807, 2.05) is 0 Å². The number of hydrogen-bond donors (Lipinski definition) is 1. The third-order valence-electron chi connectivity index (χ3n) is 5.67. The summed E-state index contributed by atoms with van der Waals surface area (Å²) in [4.78, 5) is 11.9. The highest BCUT2D eigenvalue weighted by Gasteiger charge is 2.52. The van der Waals surface area contributed by atoms with E-state index in [0.29, 0.717) is 23.0 Å². The number of nitrogens with two attached hydrogens (primary N) is 1. The van der Waals surface area contributed by atoms with Gasteiger partial charge in [-0.3, -0.25) is 9.09 Å². The monoisotopic (exact) mass is 547 g/mol. The minimum atomic E-state index is -3.22. The zero-order valence-corrected chi connectivity index (χ0v) is 21.3. The Morgan fingerprint density at radius 1 is 0.947 bits per heavy atom. The van der Waals surface area contributed by atoms with E-state index in [-0.39, 0.29) is 23.6 Å². The first kappa shape index (κ1) is 25.8. The normalized spacial score (nSPS) is 18.6. The number of imidazole rings is 1. The van der Waals surface area contributed by atoms with E-state index in [2.05, 4.69) is 15.0 Å². The summed E-state index contributed by atoms with van der Waals surface area (Å²) in [6.07, 6.45) is -0.804. The molecule has 1 saturated heterocycles. The quantitative estimate of drug-likeness (QED) is 0.278. The molecule has 1 fully saturated rings. The Hall–Kier alpha value is -3.80. The van der Waals surface area contributed by atoms with Gasteiger partial charge in [0, 0.05) is 6.42 Å². The molecule has 0 aliphatic carbocycles. The third kappa shape index (κ3) is 5.54. The van der Waals surface area contributed by atoms with Crippen molar-refractivity contribution >= 4 is 25.6 Å². The summed E-state index contributed by atoms with van der Waals surface area (Å²) in [7, 11) is 1.06. The number of fused-ring (bicyclic) bond motifs is 1. The maximum absolute atomic E-state index is 15.0. The fraction of sp³-hybridized carbons (Fsp3) is 0.292. The summed E-state index contributed by atoms with van der Waals surface area (Å²) in [6.45, 7) is -0.214. The van der Waals surface area contributed by atoms with Crippen LogP contribution < -0.4 is 24.3 Å². The van der Waals surface area contributed by atoms with Gasteiger partial charge < -0.3 is 29.0 Å². The van der Waals surface area contributed by atoms with Crippen LogP contribution in [0, 0.1) is 0 Å². The predicted molar refractivity (Wildman–Crippen MR) is 133 cm³/mol. The lowest BCUT2D eigenvalue weighted by Gasteiger charge is -2.20. The molecule has 2 atom stereocenters.